The molecule has 5 nitrogen and oxygen atoms in total. The molecule has 0 aliphatic heterocycles. The van der Waals surface area contributed by atoms with E-state index in [1.165, 1.54) is 29.2 Å². The summed E-state index contributed by atoms with van der Waals surface area (Å²) in [5, 5.41) is 0.238. The lowest BCUT2D eigenvalue weighted by Gasteiger charge is -2.18. The Bertz CT molecular complexity index is 1150. The fraction of sp³-hybridized carbons (Fsp3) is 0.0500. The Labute approximate surface area is 177 Å². The summed E-state index contributed by atoms with van der Waals surface area (Å²) in [6.07, 6.45) is 0. The number of nitrogens with one attached hydrogen (secondary N) is 1. The average Bonchev–Trinajstić information content (AvgIpc) is 2.69. The number of amides is 1. The van der Waals surface area contributed by atoms with Crippen molar-refractivity contribution in [2.24, 2.45) is 0 Å². The Morgan fingerprint density at radius 2 is 1.59 bits per heavy atom. The first kappa shape index (κ1) is 21.1. The number of nitrogens with zero attached hydrogens (tertiary/aromatic N) is 1. The lowest BCUT2D eigenvalue weighted by atomic mass is 10.2. The lowest BCUT2D eigenvalue weighted by molar-refractivity contribution is 0.0993. The minimum absolute atomic E-state index is 0.209. The number of anilines is 2. The molecule has 0 aromatic heterocycles. The lowest BCUT2D eigenvalue weighted by Crippen LogP contribution is -2.26. The fourth-order valence-electron chi connectivity index (χ4n) is 2.56. The molecule has 150 valence electrons. The Balaban J connectivity index is 1.78. The van der Waals surface area contributed by atoms with Crippen LogP contribution in [0.2, 0.25) is 10.0 Å². The van der Waals surface area contributed by atoms with E-state index in [2.05, 4.69) is 4.72 Å². The van der Waals surface area contributed by atoms with Crippen molar-refractivity contribution < 1.29 is 17.6 Å². The second-order valence-electron chi connectivity index (χ2n) is 6.08. The molecule has 0 heterocycles. The van der Waals surface area contributed by atoms with Crippen LogP contribution in [-0.4, -0.2) is 21.4 Å². The second-order valence-corrected chi connectivity index (χ2v) is 8.57. The van der Waals surface area contributed by atoms with Crippen LogP contribution in [-0.2, 0) is 10.0 Å². The summed E-state index contributed by atoms with van der Waals surface area (Å²) < 4.78 is 41.2. The number of sulfonamides is 1. The predicted molar refractivity (Wildman–Crippen MR) is 113 cm³/mol. The highest BCUT2D eigenvalue weighted by Gasteiger charge is 2.21. The summed E-state index contributed by atoms with van der Waals surface area (Å²) in [6.45, 7) is 0. The first-order chi connectivity index (χ1) is 13.7. The highest BCUT2D eigenvalue weighted by molar-refractivity contribution is 7.92. The molecule has 0 spiro atoms. The number of halogens is 3. The van der Waals surface area contributed by atoms with Gasteiger partial charge in [-0.25, -0.2) is 12.8 Å². The van der Waals surface area contributed by atoms with Crippen LogP contribution in [0.5, 0.6) is 0 Å². The molecule has 1 amide bonds. The van der Waals surface area contributed by atoms with Gasteiger partial charge < -0.3 is 4.90 Å². The Morgan fingerprint density at radius 3 is 2.21 bits per heavy atom. The van der Waals surface area contributed by atoms with Gasteiger partial charge in [0.15, 0.2) is 5.82 Å². The van der Waals surface area contributed by atoms with Crippen molar-refractivity contribution in [3.63, 3.8) is 0 Å². The molecule has 0 aliphatic carbocycles. The third kappa shape index (κ3) is 4.70. The Kier molecular flexibility index (Phi) is 6.12. The van der Waals surface area contributed by atoms with Gasteiger partial charge in [-0.05, 0) is 60.7 Å². The van der Waals surface area contributed by atoms with Gasteiger partial charge in [0, 0.05) is 29.0 Å². The zero-order chi connectivity index (χ0) is 21.2. The average molecular weight is 453 g/mol. The molecular weight excluding hydrogens is 438 g/mol. The summed E-state index contributed by atoms with van der Waals surface area (Å²) >= 11 is 11.5. The van der Waals surface area contributed by atoms with E-state index in [0.717, 1.165) is 6.07 Å². The summed E-state index contributed by atoms with van der Waals surface area (Å²) in [6, 6.07) is 16.3. The molecule has 3 rings (SSSR count). The number of carbonyl (C=O) groups excluding carboxylic acids is 1. The van der Waals surface area contributed by atoms with Gasteiger partial charge in [0.2, 0.25) is 0 Å². The summed E-state index contributed by atoms with van der Waals surface area (Å²) in [5.74, 6) is -1.28. The Morgan fingerprint density at radius 1 is 0.966 bits per heavy atom. The van der Waals surface area contributed by atoms with E-state index in [9.17, 15) is 17.6 Å². The zero-order valence-corrected chi connectivity index (χ0v) is 17.4. The van der Waals surface area contributed by atoms with Gasteiger partial charge in [-0.1, -0.05) is 29.3 Å². The van der Waals surface area contributed by atoms with Crippen LogP contribution >= 0.6 is 23.2 Å². The predicted octanol–water partition coefficient (Wildman–Crippen LogP) is 5.21. The minimum Gasteiger partial charge on any atom is -0.311 e. The molecule has 29 heavy (non-hydrogen) atoms. The number of hydrogen-bond acceptors (Lipinski definition) is 3. The third-order valence-electron chi connectivity index (χ3n) is 4.11. The molecule has 3 aromatic rings. The van der Waals surface area contributed by atoms with Crippen molar-refractivity contribution >= 4 is 50.5 Å². The maximum atomic E-state index is 14.0. The van der Waals surface area contributed by atoms with Gasteiger partial charge in [-0.2, -0.15) is 0 Å². The van der Waals surface area contributed by atoms with Crippen molar-refractivity contribution in [1.82, 2.24) is 0 Å². The van der Waals surface area contributed by atoms with Crippen molar-refractivity contribution in [3.8, 4) is 0 Å². The largest absolute Gasteiger partial charge is 0.311 e. The van der Waals surface area contributed by atoms with E-state index in [-0.39, 0.29) is 16.6 Å². The quantitative estimate of drug-likeness (QED) is 0.577. The highest BCUT2D eigenvalue weighted by atomic mass is 35.5. The molecule has 0 fully saturated rings. The maximum Gasteiger partial charge on any atom is 0.264 e. The molecular formula is C20H15Cl2FN2O3S. The molecule has 0 saturated heterocycles. The summed E-state index contributed by atoms with van der Waals surface area (Å²) in [4.78, 5) is 13.4. The van der Waals surface area contributed by atoms with Crippen LogP contribution in [0.4, 0.5) is 15.8 Å². The van der Waals surface area contributed by atoms with Gasteiger partial charge in [0.25, 0.3) is 15.9 Å². The normalized spacial score (nSPS) is 11.2. The van der Waals surface area contributed by atoms with Gasteiger partial charge in [-0.3, -0.25) is 9.52 Å². The smallest absolute Gasteiger partial charge is 0.264 e. The van der Waals surface area contributed by atoms with Crippen molar-refractivity contribution in [1.29, 1.82) is 0 Å². The number of benzene rings is 3. The van der Waals surface area contributed by atoms with Crippen LogP contribution in [0.3, 0.4) is 0 Å². The van der Waals surface area contributed by atoms with E-state index >= 15 is 0 Å². The number of rotatable bonds is 5. The first-order valence-corrected chi connectivity index (χ1v) is 10.5. The Hall–Kier alpha value is -2.61. The summed E-state index contributed by atoms with van der Waals surface area (Å²) in [5.41, 5.74) is 1.21. The number of hydrogen-bond donors (Lipinski definition) is 1. The van der Waals surface area contributed by atoms with Crippen LogP contribution in [0.1, 0.15) is 10.4 Å². The molecule has 1 N–H and O–H groups in total. The van der Waals surface area contributed by atoms with Gasteiger partial charge in [-0.15, -0.1) is 0 Å². The van der Waals surface area contributed by atoms with Crippen LogP contribution in [0.25, 0.3) is 0 Å². The summed E-state index contributed by atoms with van der Waals surface area (Å²) in [7, 11) is -2.57. The standard InChI is InChI=1S/C20H15Cl2FN2O3S/c1-25(20(26)13-5-7-14(21)8-6-13)16-11-9-15(10-12-16)24-29(27,28)18-4-2-3-17(22)19(18)23/h2-12,24H,1H3. The second kappa shape index (κ2) is 8.41. The van der Waals surface area contributed by atoms with Gasteiger partial charge >= 0.3 is 0 Å². The van der Waals surface area contributed by atoms with Gasteiger partial charge in [0.05, 0.1) is 5.02 Å². The van der Waals surface area contributed by atoms with E-state index in [1.54, 1.807) is 43.4 Å². The zero-order valence-electron chi connectivity index (χ0n) is 15.1. The van der Waals surface area contributed by atoms with Gasteiger partial charge in [0.1, 0.15) is 4.90 Å². The van der Waals surface area contributed by atoms with Crippen LogP contribution in [0.15, 0.2) is 71.6 Å². The van der Waals surface area contributed by atoms with E-state index in [1.807, 2.05) is 0 Å². The fourth-order valence-corrected chi connectivity index (χ4v) is 4.07. The molecule has 0 aliphatic rings. The molecule has 0 unspecified atom stereocenters. The van der Waals surface area contributed by atoms with Crippen LogP contribution < -0.4 is 9.62 Å². The molecule has 0 radical (unpaired) electrons. The maximum absolute atomic E-state index is 14.0. The molecule has 3 aromatic carbocycles. The van der Waals surface area contributed by atoms with E-state index in [0.29, 0.717) is 16.3 Å². The minimum atomic E-state index is -4.17. The molecule has 0 atom stereocenters. The first-order valence-electron chi connectivity index (χ1n) is 8.29. The monoisotopic (exact) mass is 452 g/mol. The highest BCUT2D eigenvalue weighted by Crippen LogP contribution is 2.25. The third-order valence-corrected chi connectivity index (χ3v) is 6.05. The SMILES string of the molecule is CN(C(=O)c1ccc(Cl)cc1)c1ccc(NS(=O)(=O)c2cccc(Cl)c2F)cc1. The molecule has 0 bridgehead atoms. The van der Waals surface area contributed by atoms with E-state index < -0.39 is 20.7 Å². The number of carbonyl (C=O) groups is 1. The molecule has 0 saturated carbocycles. The van der Waals surface area contributed by atoms with Crippen molar-refractivity contribution in [2.45, 2.75) is 4.90 Å². The van der Waals surface area contributed by atoms with Crippen molar-refractivity contribution in [3.05, 3.63) is 88.2 Å². The topological polar surface area (TPSA) is 66.5 Å². The van der Waals surface area contributed by atoms with Crippen molar-refractivity contribution in [2.75, 3.05) is 16.7 Å². The van der Waals surface area contributed by atoms with E-state index in [4.69, 9.17) is 23.2 Å². The van der Waals surface area contributed by atoms with Crippen LogP contribution in [0, 0.1) is 5.82 Å². The molecule has 9 heteroatoms.